The van der Waals surface area contributed by atoms with E-state index < -0.39 is 5.82 Å². The lowest BCUT2D eigenvalue weighted by molar-refractivity contribution is 0.413. The molecule has 5 nitrogen and oxygen atoms in total. The van der Waals surface area contributed by atoms with E-state index in [-0.39, 0.29) is 17.3 Å². The Labute approximate surface area is 120 Å². The van der Waals surface area contributed by atoms with Gasteiger partial charge in [-0.1, -0.05) is 17.3 Å². The molecule has 2 N–H and O–H groups in total. The van der Waals surface area contributed by atoms with Crippen LogP contribution in [0.3, 0.4) is 0 Å². The van der Waals surface area contributed by atoms with Crippen LogP contribution in [0.4, 0.5) is 10.1 Å². The summed E-state index contributed by atoms with van der Waals surface area (Å²) in [5, 5.41) is 3.80. The number of benzene rings is 2. The molecule has 0 aliphatic rings. The van der Waals surface area contributed by atoms with E-state index in [2.05, 4.69) is 10.1 Å². The van der Waals surface area contributed by atoms with Crippen molar-refractivity contribution in [1.82, 2.24) is 10.1 Å². The lowest BCUT2D eigenvalue weighted by Crippen LogP contribution is -1.92. The van der Waals surface area contributed by atoms with Gasteiger partial charge in [0.05, 0.1) is 18.2 Å². The summed E-state index contributed by atoms with van der Waals surface area (Å²) in [5.74, 6) is 0.586. The molecule has 0 spiro atoms. The number of methoxy groups -OCH3 is 1. The van der Waals surface area contributed by atoms with Gasteiger partial charge in [0.1, 0.15) is 11.6 Å². The second kappa shape index (κ2) is 5.24. The number of nitrogen functional groups attached to an aromatic ring is 1. The Hall–Kier alpha value is -2.89. The quantitative estimate of drug-likeness (QED) is 0.748. The second-order valence-corrected chi connectivity index (χ2v) is 4.36. The van der Waals surface area contributed by atoms with Crippen LogP contribution in [0.15, 0.2) is 47.0 Å². The highest BCUT2D eigenvalue weighted by molar-refractivity contribution is 5.73. The topological polar surface area (TPSA) is 74.2 Å². The number of aromatic nitrogens is 2. The van der Waals surface area contributed by atoms with Crippen LogP contribution in [0.5, 0.6) is 5.75 Å². The van der Waals surface area contributed by atoms with Gasteiger partial charge in [-0.2, -0.15) is 4.98 Å². The molecule has 3 rings (SSSR count). The Kier molecular flexibility index (Phi) is 3.27. The van der Waals surface area contributed by atoms with Crippen LogP contribution in [0, 0.1) is 5.82 Å². The maximum absolute atomic E-state index is 13.7. The third kappa shape index (κ3) is 2.43. The average Bonchev–Trinajstić information content (AvgIpc) is 2.97. The number of ether oxygens (including phenoxy) is 1. The summed E-state index contributed by atoms with van der Waals surface area (Å²) in [6, 6.07) is 11.3. The van der Waals surface area contributed by atoms with Gasteiger partial charge < -0.3 is 15.0 Å². The number of hydrogen-bond acceptors (Lipinski definition) is 5. The number of nitrogens with two attached hydrogens (primary N) is 1. The molecule has 0 radical (unpaired) electrons. The minimum absolute atomic E-state index is 0.172. The van der Waals surface area contributed by atoms with E-state index in [1.165, 1.54) is 6.07 Å². The molecule has 1 heterocycles. The van der Waals surface area contributed by atoms with Crippen LogP contribution in [0.25, 0.3) is 22.8 Å². The minimum Gasteiger partial charge on any atom is -0.497 e. The average molecular weight is 285 g/mol. The standard InChI is InChI=1S/C15H12FN3O2/c1-20-9-6-7-13(17)11(8-9)15-18-14(19-21-15)10-4-2-3-5-12(10)16/h2-8H,17H2,1H3. The zero-order valence-corrected chi connectivity index (χ0v) is 11.2. The van der Waals surface area contributed by atoms with Gasteiger partial charge in [0.2, 0.25) is 5.82 Å². The molecule has 0 saturated carbocycles. The Morgan fingerprint density at radius 2 is 1.95 bits per heavy atom. The largest absolute Gasteiger partial charge is 0.497 e. The van der Waals surface area contributed by atoms with E-state index >= 15 is 0 Å². The molecular weight excluding hydrogens is 273 g/mol. The first-order valence-electron chi connectivity index (χ1n) is 6.21. The highest BCUT2D eigenvalue weighted by Crippen LogP contribution is 2.30. The third-order valence-electron chi connectivity index (χ3n) is 3.03. The van der Waals surface area contributed by atoms with Crippen molar-refractivity contribution in [3.05, 3.63) is 48.3 Å². The van der Waals surface area contributed by atoms with Crippen molar-refractivity contribution < 1.29 is 13.7 Å². The lowest BCUT2D eigenvalue weighted by atomic mass is 10.1. The summed E-state index contributed by atoms with van der Waals surface area (Å²) in [6.45, 7) is 0. The molecular formula is C15H12FN3O2. The van der Waals surface area contributed by atoms with E-state index in [9.17, 15) is 4.39 Å². The summed E-state index contributed by atoms with van der Waals surface area (Å²) in [5.41, 5.74) is 7.19. The zero-order chi connectivity index (χ0) is 14.8. The van der Waals surface area contributed by atoms with Crippen molar-refractivity contribution in [2.45, 2.75) is 0 Å². The van der Waals surface area contributed by atoms with E-state index in [1.807, 2.05) is 0 Å². The predicted octanol–water partition coefficient (Wildman–Crippen LogP) is 3.13. The first-order valence-corrected chi connectivity index (χ1v) is 6.21. The summed E-state index contributed by atoms with van der Waals surface area (Å²) in [7, 11) is 1.55. The second-order valence-electron chi connectivity index (χ2n) is 4.36. The van der Waals surface area contributed by atoms with Crippen molar-refractivity contribution in [3.63, 3.8) is 0 Å². The van der Waals surface area contributed by atoms with Gasteiger partial charge in [-0.25, -0.2) is 4.39 Å². The fourth-order valence-corrected chi connectivity index (χ4v) is 1.93. The molecule has 2 aromatic carbocycles. The molecule has 0 saturated heterocycles. The highest BCUT2D eigenvalue weighted by atomic mass is 19.1. The number of anilines is 1. The van der Waals surface area contributed by atoms with Gasteiger partial charge in [-0.15, -0.1) is 0 Å². The van der Waals surface area contributed by atoms with Crippen LogP contribution in [0.1, 0.15) is 0 Å². The Morgan fingerprint density at radius 1 is 1.14 bits per heavy atom. The molecule has 0 atom stereocenters. The van der Waals surface area contributed by atoms with Crippen LogP contribution in [-0.4, -0.2) is 17.3 Å². The SMILES string of the molecule is COc1ccc(N)c(-c2nc(-c3ccccc3F)no2)c1. The number of rotatable bonds is 3. The molecule has 0 aliphatic carbocycles. The van der Waals surface area contributed by atoms with Crippen molar-refractivity contribution >= 4 is 5.69 Å². The molecule has 0 bridgehead atoms. The van der Waals surface area contributed by atoms with Gasteiger partial charge in [0.15, 0.2) is 0 Å². The summed E-state index contributed by atoms with van der Waals surface area (Å²) >= 11 is 0. The monoisotopic (exact) mass is 285 g/mol. The highest BCUT2D eigenvalue weighted by Gasteiger charge is 2.16. The van der Waals surface area contributed by atoms with E-state index in [0.717, 1.165) is 0 Å². The Morgan fingerprint density at radius 3 is 2.71 bits per heavy atom. The van der Waals surface area contributed by atoms with Gasteiger partial charge in [0.25, 0.3) is 5.89 Å². The van der Waals surface area contributed by atoms with Gasteiger partial charge in [-0.3, -0.25) is 0 Å². The summed E-state index contributed by atoms with van der Waals surface area (Å²) in [6.07, 6.45) is 0. The van der Waals surface area contributed by atoms with Gasteiger partial charge in [0, 0.05) is 5.69 Å². The summed E-state index contributed by atoms with van der Waals surface area (Å²) < 4.78 is 24.0. The Balaban J connectivity index is 2.05. The normalized spacial score (nSPS) is 10.6. The molecule has 6 heteroatoms. The summed E-state index contributed by atoms with van der Waals surface area (Å²) in [4.78, 5) is 4.19. The predicted molar refractivity (Wildman–Crippen MR) is 76.1 cm³/mol. The number of halogens is 1. The first kappa shape index (κ1) is 13.1. The van der Waals surface area contributed by atoms with Crippen molar-refractivity contribution in [1.29, 1.82) is 0 Å². The van der Waals surface area contributed by atoms with Crippen LogP contribution < -0.4 is 10.5 Å². The minimum atomic E-state index is -0.413. The fraction of sp³-hybridized carbons (Fsp3) is 0.0667. The van der Waals surface area contributed by atoms with E-state index in [4.69, 9.17) is 15.0 Å². The van der Waals surface area contributed by atoms with Gasteiger partial charge >= 0.3 is 0 Å². The first-order chi connectivity index (χ1) is 10.2. The molecule has 0 fully saturated rings. The molecule has 21 heavy (non-hydrogen) atoms. The van der Waals surface area contributed by atoms with Crippen molar-refractivity contribution in [2.75, 3.05) is 12.8 Å². The molecule has 106 valence electrons. The molecule has 3 aromatic rings. The van der Waals surface area contributed by atoms with E-state index in [1.54, 1.807) is 43.5 Å². The van der Waals surface area contributed by atoms with Crippen LogP contribution in [-0.2, 0) is 0 Å². The van der Waals surface area contributed by atoms with Gasteiger partial charge in [-0.05, 0) is 30.3 Å². The van der Waals surface area contributed by atoms with Crippen LogP contribution in [0.2, 0.25) is 0 Å². The fourth-order valence-electron chi connectivity index (χ4n) is 1.93. The maximum Gasteiger partial charge on any atom is 0.260 e. The molecule has 0 unspecified atom stereocenters. The lowest BCUT2D eigenvalue weighted by Gasteiger charge is -2.03. The maximum atomic E-state index is 13.7. The molecule has 0 aliphatic heterocycles. The zero-order valence-electron chi connectivity index (χ0n) is 11.2. The Bertz CT molecular complexity index is 786. The van der Waals surface area contributed by atoms with Crippen LogP contribution >= 0.6 is 0 Å². The number of nitrogens with zero attached hydrogens (tertiary/aromatic N) is 2. The van der Waals surface area contributed by atoms with Crippen molar-refractivity contribution in [3.8, 4) is 28.6 Å². The third-order valence-corrected chi connectivity index (χ3v) is 3.03. The van der Waals surface area contributed by atoms with E-state index in [0.29, 0.717) is 17.0 Å². The smallest absolute Gasteiger partial charge is 0.260 e. The number of hydrogen-bond donors (Lipinski definition) is 1. The van der Waals surface area contributed by atoms with Crippen molar-refractivity contribution in [2.24, 2.45) is 0 Å². The molecule has 0 amide bonds. The molecule has 1 aromatic heterocycles.